The van der Waals surface area contributed by atoms with E-state index >= 15 is 0 Å². The largest absolute Gasteiger partial charge is 0.496 e. The standard InChI is InChI=1S/C15H20N2O3/c1-19-13-5-6-14(20-2)15-11(13)9-17(10-12(15)18)8-4-3-7-16/h5-6,12,18H,3-4,8-10H2,1-2H3/t12-/m1/s1. The van der Waals surface area contributed by atoms with Gasteiger partial charge in [0.2, 0.25) is 0 Å². The molecule has 5 nitrogen and oxygen atoms in total. The Balaban J connectivity index is 2.26. The number of nitriles is 1. The molecular weight excluding hydrogens is 256 g/mol. The molecule has 0 aromatic heterocycles. The van der Waals surface area contributed by atoms with Gasteiger partial charge >= 0.3 is 0 Å². The fourth-order valence-corrected chi connectivity index (χ4v) is 2.70. The molecule has 0 spiro atoms. The SMILES string of the molecule is COc1ccc(OC)c2c1CN(CCCC#N)C[C@H]2O. The second-order valence-corrected chi connectivity index (χ2v) is 4.87. The molecule has 1 aliphatic heterocycles. The van der Waals surface area contributed by atoms with E-state index in [2.05, 4.69) is 11.0 Å². The number of ether oxygens (including phenoxy) is 2. The van der Waals surface area contributed by atoms with Crippen molar-refractivity contribution < 1.29 is 14.6 Å². The van der Waals surface area contributed by atoms with Crippen molar-refractivity contribution in [2.75, 3.05) is 27.3 Å². The molecule has 0 bridgehead atoms. The summed E-state index contributed by atoms with van der Waals surface area (Å²) in [6.07, 6.45) is 0.755. The summed E-state index contributed by atoms with van der Waals surface area (Å²) in [7, 11) is 3.23. The number of aliphatic hydroxyl groups is 1. The van der Waals surface area contributed by atoms with Gasteiger partial charge in [0.05, 0.1) is 26.4 Å². The van der Waals surface area contributed by atoms with Gasteiger partial charge in [-0.1, -0.05) is 0 Å². The molecule has 0 fully saturated rings. The van der Waals surface area contributed by atoms with Gasteiger partial charge in [0.1, 0.15) is 11.5 Å². The smallest absolute Gasteiger partial charge is 0.125 e. The van der Waals surface area contributed by atoms with Gasteiger partial charge < -0.3 is 14.6 Å². The number of benzene rings is 1. The molecule has 2 rings (SSSR count). The third-order valence-electron chi connectivity index (χ3n) is 3.62. The highest BCUT2D eigenvalue weighted by atomic mass is 16.5. The Morgan fingerprint density at radius 2 is 2.05 bits per heavy atom. The van der Waals surface area contributed by atoms with Crippen LogP contribution in [0.25, 0.3) is 0 Å². The minimum atomic E-state index is -0.592. The normalized spacial score (nSPS) is 18.2. The zero-order valence-electron chi connectivity index (χ0n) is 11.9. The number of fused-ring (bicyclic) bond motifs is 1. The van der Waals surface area contributed by atoms with Crippen LogP contribution in [0, 0.1) is 11.3 Å². The molecule has 108 valence electrons. The first-order valence-electron chi connectivity index (χ1n) is 6.72. The Morgan fingerprint density at radius 3 is 2.70 bits per heavy atom. The monoisotopic (exact) mass is 276 g/mol. The van der Waals surface area contributed by atoms with Crippen LogP contribution in [0.2, 0.25) is 0 Å². The number of β-amino-alcohol motifs (C(OH)–C–C–N with tert-alkyl or cyclic N) is 1. The van der Waals surface area contributed by atoms with E-state index in [4.69, 9.17) is 14.7 Å². The molecule has 0 amide bonds. The number of aliphatic hydroxyl groups excluding tert-OH is 1. The molecule has 20 heavy (non-hydrogen) atoms. The van der Waals surface area contributed by atoms with Crippen LogP contribution < -0.4 is 9.47 Å². The second-order valence-electron chi connectivity index (χ2n) is 4.87. The van der Waals surface area contributed by atoms with E-state index in [1.165, 1.54) is 0 Å². The van der Waals surface area contributed by atoms with Crippen LogP contribution in [0.5, 0.6) is 11.5 Å². The molecule has 1 N–H and O–H groups in total. The lowest BCUT2D eigenvalue weighted by Crippen LogP contribution is -2.34. The van der Waals surface area contributed by atoms with Crippen molar-refractivity contribution in [2.24, 2.45) is 0 Å². The topological polar surface area (TPSA) is 65.7 Å². The number of hydrogen-bond donors (Lipinski definition) is 1. The number of methoxy groups -OCH3 is 2. The van der Waals surface area contributed by atoms with Gasteiger partial charge in [-0.15, -0.1) is 0 Å². The van der Waals surface area contributed by atoms with E-state index in [1.807, 2.05) is 12.1 Å². The van der Waals surface area contributed by atoms with Gasteiger partial charge in [0, 0.05) is 30.6 Å². The predicted molar refractivity (Wildman–Crippen MR) is 74.6 cm³/mol. The molecular formula is C15H20N2O3. The fourth-order valence-electron chi connectivity index (χ4n) is 2.70. The molecule has 1 atom stereocenters. The highest BCUT2D eigenvalue weighted by Crippen LogP contribution is 2.39. The van der Waals surface area contributed by atoms with Crippen molar-refractivity contribution in [2.45, 2.75) is 25.5 Å². The van der Waals surface area contributed by atoms with E-state index in [0.717, 1.165) is 29.8 Å². The zero-order chi connectivity index (χ0) is 14.5. The van der Waals surface area contributed by atoms with Crippen LogP contribution in [0.1, 0.15) is 30.1 Å². The van der Waals surface area contributed by atoms with Gasteiger partial charge in [-0.05, 0) is 25.1 Å². The molecule has 1 heterocycles. The zero-order valence-corrected chi connectivity index (χ0v) is 11.9. The third-order valence-corrected chi connectivity index (χ3v) is 3.62. The van der Waals surface area contributed by atoms with E-state index in [9.17, 15) is 5.11 Å². The van der Waals surface area contributed by atoms with Gasteiger partial charge in [-0.3, -0.25) is 4.90 Å². The van der Waals surface area contributed by atoms with Crippen LogP contribution in [-0.4, -0.2) is 37.3 Å². The summed E-state index contributed by atoms with van der Waals surface area (Å²) in [5.74, 6) is 1.47. The summed E-state index contributed by atoms with van der Waals surface area (Å²) in [4.78, 5) is 2.15. The number of hydrogen-bond acceptors (Lipinski definition) is 5. The van der Waals surface area contributed by atoms with Gasteiger partial charge in [-0.2, -0.15) is 5.26 Å². The van der Waals surface area contributed by atoms with Crippen molar-refractivity contribution in [3.63, 3.8) is 0 Å². The quantitative estimate of drug-likeness (QED) is 0.831. The van der Waals surface area contributed by atoms with Crippen LogP contribution in [-0.2, 0) is 6.54 Å². The Kier molecular flexibility index (Phi) is 4.83. The Bertz CT molecular complexity index is 511. The van der Waals surface area contributed by atoms with Crippen molar-refractivity contribution in [3.8, 4) is 17.6 Å². The van der Waals surface area contributed by atoms with Gasteiger partial charge in [0.15, 0.2) is 0 Å². The first-order chi connectivity index (χ1) is 9.71. The second kappa shape index (κ2) is 6.60. The molecule has 0 saturated carbocycles. The minimum Gasteiger partial charge on any atom is -0.496 e. The lowest BCUT2D eigenvalue weighted by atomic mass is 9.95. The lowest BCUT2D eigenvalue weighted by Gasteiger charge is -2.33. The average Bonchev–Trinajstić information content (AvgIpc) is 2.46. The highest BCUT2D eigenvalue weighted by molar-refractivity contribution is 5.51. The van der Waals surface area contributed by atoms with Gasteiger partial charge in [0.25, 0.3) is 0 Å². The Labute approximate surface area is 119 Å². The number of unbranched alkanes of at least 4 members (excludes halogenated alkanes) is 1. The number of nitrogens with zero attached hydrogens (tertiary/aromatic N) is 2. The number of rotatable bonds is 5. The predicted octanol–water partition coefficient (Wildman–Crippen LogP) is 1.86. The minimum absolute atomic E-state index is 0.536. The van der Waals surface area contributed by atoms with Crippen molar-refractivity contribution in [1.82, 2.24) is 4.90 Å². The lowest BCUT2D eigenvalue weighted by molar-refractivity contribution is 0.0880. The molecule has 1 aromatic carbocycles. The van der Waals surface area contributed by atoms with Crippen LogP contribution in [0.15, 0.2) is 12.1 Å². The Hall–Kier alpha value is -1.77. The summed E-state index contributed by atoms with van der Waals surface area (Å²) in [6, 6.07) is 5.83. The first kappa shape index (κ1) is 14.6. The van der Waals surface area contributed by atoms with Crippen molar-refractivity contribution >= 4 is 0 Å². The maximum atomic E-state index is 10.4. The van der Waals surface area contributed by atoms with E-state index in [1.54, 1.807) is 14.2 Å². The molecule has 0 radical (unpaired) electrons. The molecule has 5 heteroatoms. The van der Waals surface area contributed by atoms with Crippen LogP contribution in [0.3, 0.4) is 0 Å². The molecule has 1 aromatic rings. The van der Waals surface area contributed by atoms with E-state index < -0.39 is 6.10 Å². The summed E-state index contributed by atoms with van der Waals surface area (Å²) >= 11 is 0. The average molecular weight is 276 g/mol. The molecule has 1 aliphatic rings. The maximum Gasteiger partial charge on any atom is 0.125 e. The summed E-state index contributed by atoms with van der Waals surface area (Å²) < 4.78 is 10.7. The van der Waals surface area contributed by atoms with Crippen LogP contribution in [0.4, 0.5) is 0 Å². The summed E-state index contributed by atoms with van der Waals surface area (Å²) in [6.45, 7) is 2.06. The Morgan fingerprint density at radius 1 is 1.35 bits per heavy atom. The van der Waals surface area contributed by atoms with Crippen molar-refractivity contribution in [3.05, 3.63) is 23.3 Å². The van der Waals surface area contributed by atoms with E-state index in [-0.39, 0.29) is 0 Å². The summed E-state index contributed by atoms with van der Waals surface area (Å²) in [5, 5.41) is 19.0. The molecule has 0 aliphatic carbocycles. The summed E-state index contributed by atoms with van der Waals surface area (Å²) in [5.41, 5.74) is 1.80. The third kappa shape index (κ3) is 2.87. The van der Waals surface area contributed by atoms with E-state index in [0.29, 0.717) is 25.3 Å². The molecule has 0 saturated heterocycles. The van der Waals surface area contributed by atoms with Crippen molar-refractivity contribution in [1.29, 1.82) is 5.26 Å². The van der Waals surface area contributed by atoms with Gasteiger partial charge in [-0.25, -0.2) is 0 Å². The molecule has 0 unspecified atom stereocenters. The highest BCUT2D eigenvalue weighted by Gasteiger charge is 2.29. The van der Waals surface area contributed by atoms with Crippen LogP contribution >= 0.6 is 0 Å². The first-order valence-corrected chi connectivity index (χ1v) is 6.72. The maximum absolute atomic E-state index is 10.4. The fraction of sp³-hybridized carbons (Fsp3) is 0.533.